The lowest BCUT2D eigenvalue weighted by Gasteiger charge is -2.12. The predicted octanol–water partition coefficient (Wildman–Crippen LogP) is 3.24. The van der Waals surface area contributed by atoms with Gasteiger partial charge in [0.05, 0.1) is 12.8 Å². The summed E-state index contributed by atoms with van der Waals surface area (Å²) < 4.78 is 18.1. The second-order valence-electron chi connectivity index (χ2n) is 4.84. The van der Waals surface area contributed by atoms with Crippen molar-refractivity contribution in [2.24, 2.45) is 0 Å². The van der Waals surface area contributed by atoms with Gasteiger partial charge in [0, 0.05) is 11.3 Å². The van der Waals surface area contributed by atoms with Gasteiger partial charge in [-0.3, -0.25) is 9.59 Å². The van der Waals surface area contributed by atoms with E-state index in [9.17, 15) is 14.0 Å². The molecule has 0 saturated carbocycles. The lowest BCUT2D eigenvalue weighted by Crippen LogP contribution is -2.22. The molecule has 2 amide bonds. The minimum Gasteiger partial charge on any atom is -0.495 e. The van der Waals surface area contributed by atoms with Crippen LogP contribution in [0.4, 0.5) is 15.8 Å². The number of hydrogen-bond acceptors (Lipinski definition) is 3. The van der Waals surface area contributed by atoms with E-state index in [4.69, 9.17) is 4.74 Å². The van der Waals surface area contributed by atoms with Crippen LogP contribution < -0.4 is 15.4 Å². The van der Waals surface area contributed by atoms with E-state index in [1.165, 1.54) is 13.2 Å². The molecule has 6 heteroatoms. The van der Waals surface area contributed by atoms with Crippen molar-refractivity contribution in [3.8, 4) is 5.75 Å². The maximum absolute atomic E-state index is 13.0. The van der Waals surface area contributed by atoms with Crippen LogP contribution in [-0.2, 0) is 4.79 Å². The van der Waals surface area contributed by atoms with Crippen molar-refractivity contribution in [1.82, 2.24) is 0 Å². The summed E-state index contributed by atoms with van der Waals surface area (Å²) in [6, 6.07) is 13.5. The largest absolute Gasteiger partial charge is 0.495 e. The fourth-order valence-electron chi connectivity index (χ4n) is 1.90. The molecule has 0 fully saturated rings. The van der Waals surface area contributed by atoms with Gasteiger partial charge in [-0.15, -0.1) is 0 Å². The third kappa shape index (κ3) is 4.29. The molecule has 0 heterocycles. The van der Waals surface area contributed by atoms with E-state index in [1.54, 1.807) is 36.4 Å². The Morgan fingerprint density at radius 2 is 1.78 bits per heavy atom. The van der Waals surface area contributed by atoms with E-state index in [1.807, 2.05) is 6.07 Å². The highest BCUT2D eigenvalue weighted by atomic mass is 19.1. The van der Waals surface area contributed by atoms with Gasteiger partial charge < -0.3 is 15.4 Å². The molecule has 0 saturated heterocycles. The van der Waals surface area contributed by atoms with Gasteiger partial charge in [0.25, 0.3) is 11.8 Å². The van der Waals surface area contributed by atoms with Gasteiger partial charge in [0.15, 0.2) is 6.17 Å². The maximum Gasteiger partial charge on any atom is 0.258 e. The molecule has 0 aliphatic rings. The molecule has 5 nitrogen and oxygen atoms in total. The SMILES string of the molecule is COc1ccc(C(=O)Nc2ccccc2)cc1NC(=O)C(C)F. The van der Waals surface area contributed by atoms with Crippen molar-refractivity contribution >= 4 is 23.2 Å². The van der Waals surface area contributed by atoms with Crippen molar-refractivity contribution in [2.45, 2.75) is 13.1 Å². The Bertz CT molecular complexity index is 702. The van der Waals surface area contributed by atoms with E-state index in [-0.39, 0.29) is 11.6 Å². The monoisotopic (exact) mass is 316 g/mol. The summed E-state index contributed by atoms with van der Waals surface area (Å²) in [4.78, 5) is 23.8. The molecule has 2 rings (SSSR count). The first-order valence-corrected chi connectivity index (χ1v) is 7.00. The summed E-state index contributed by atoms with van der Waals surface area (Å²) in [5.41, 5.74) is 1.20. The Morgan fingerprint density at radius 1 is 1.09 bits per heavy atom. The number of amides is 2. The molecule has 0 radical (unpaired) electrons. The summed E-state index contributed by atoms with van der Waals surface area (Å²) in [6.07, 6.45) is -1.67. The Labute approximate surface area is 133 Å². The van der Waals surface area contributed by atoms with Crippen LogP contribution in [-0.4, -0.2) is 25.1 Å². The molecule has 0 spiro atoms. The zero-order valence-corrected chi connectivity index (χ0v) is 12.8. The number of benzene rings is 2. The molecule has 0 bridgehead atoms. The number of anilines is 2. The van der Waals surface area contributed by atoms with Gasteiger partial charge in [-0.05, 0) is 37.3 Å². The average molecular weight is 316 g/mol. The number of carbonyl (C=O) groups excluding carboxylic acids is 2. The molecule has 1 unspecified atom stereocenters. The molecule has 120 valence electrons. The number of alkyl halides is 1. The number of methoxy groups -OCH3 is 1. The Morgan fingerprint density at radius 3 is 2.39 bits per heavy atom. The van der Waals surface area contributed by atoms with E-state index in [2.05, 4.69) is 10.6 Å². The van der Waals surface area contributed by atoms with Crippen LogP contribution in [0.15, 0.2) is 48.5 Å². The van der Waals surface area contributed by atoms with Crippen LogP contribution >= 0.6 is 0 Å². The van der Waals surface area contributed by atoms with Crippen molar-refractivity contribution in [3.63, 3.8) is 0 Å². The Kier molecular flexibility index (Phi) is 5.30. The molecule has 0 aromatic heterocycles. The molecule has 1 atom stereocenters. The number of hydrogen-bond donors (Lipinski definition) is 2. The van der Waals surface area contributed by atoms with E-state index in [0.717, 1.165) is 6.92 Å². The third-order valence-electron chi connectivity index (χ3n) is 3.11. The van der Waals surface area contributed by atoms with Crippen LogP contribution in [0.2, 0.25) is 0 Å². The Balaban J connectivity index is 2.22. The van der Waals surface area contributed by atoms with E-state index >= 15 is 0 Å². The molecule has 2 aromatic rings. The quantitative estimate of drug-likeness (QED) is 0.890. The minimum absolute atomic E-state index is 0.239. The standard InChI is InChI=1S/C17H17FN2O3/c1-11(18)16(21)20-14-10-12(8-9-15(14)23-2)17(22)19-13-6-4-3-5-7-13/h3-11H,1-2H3,(H,19,22)(H,20,21). The van der Waals surface area contributed by atoms with Crippen LogP contribution in [0, 0.1) is 0 Å². The Hall–Kier alpha value is -2.89. The molecular weight excluding hydrogens is 299 g/mol. The number of rotatable bonds is 5. The average Bonchev–Trinajstić information content (AvgIpc) is 2.55. The number of nitrogens with one attached hydrogen (secondary N) is 2. The number of halogens is 1. The summed E-state index contributed by atoms with van der Waals surface area (Å²) in [7, 11) is 1.42. The summed E-state index contributed by atoms with van der Waals surface area (Å²) in [5.74, 6) is -0.804. The molecular formula is C17H17FN2O3. The van der Waals surface area contributed by atoms with Crippen molar-refractivity contribution in [2.75, 3.05) is 17.7 Å². The number of ether oxygens (including phenoxy) is 1. The lowest BCUT2D eigenvalue weighted by molar-refractivity contribution is -0.120. The van der Waals surface area contributed by atoms with Crippen molar-refractivity contribution in [3.05, 3.63) is 54.1 Å². The first kappa shape index (κ1) is 16.5. The second-order valence-corrected chi connectivity index (χ2v) is 4.84. The van der Waals surface area contributed by atoms with Crippen LogP contribution in [0.3, 0.4) is 0 Å². The first-order chi connectivity index (χ1) is 11.0. The highest BCUT2D eigenvalue weighted by molar-refractivity contribution is 6.06. The van der Waals surface area contributed by atoms with Crippen molar-refractivity contribution in [1.29, 1.82) is 0 Å². The van der Waals surface area contributed by atoms with Crippen LogP contribution in [0.1, 0.15) is 17.3 Å². The zero-order chi connectivity index (χ0) is 16.8. The van der Waals surface area contributed by atoms with Gasteiger partial charge in [-0.2, -0.15) is 0 Å². The van der Waals surface area contributed by atoms with Gasteiger partial charge in [-0.25, -0.2) is 4.39 Å². The van der Waals surface area contributed by atoms with Gasteiger partial charge in [0.1, 0.15) is 5.75 Å². The van der Waals surface area contributed by atoms with E-state index < -0.39 is 12.1 Å². The fraction of sp³-hybridized carbons (Fsp3) is 0.176. The smallest absolute Gasteiger partial charge is 0.258 e. The minimum atomic E-state index is -1.67. The lowest BCUT2D eigenvalue weighted by atomic mass is 10.1. The molecule has 2 N–H and O–H groups in total. The summed E-state index contributed by atoms with van der Waals surface area (Å²) >= 11 is 0. The fourth-order valence-corrected chi connectivity index (χ4v) is 1.90. The second kappa shape index (κ2) is 7.40. The summed E-state index contributed by atoms with van der Waals surface area (Å²) in [6.45, 7) is 1.13. The maximum atomic E-state index is 13.0. The summed E-state index contributed by atoms with van der Waals surface area (Å²) in [5, 5.41) is 5.13. The normalized spacial score (nSPS) is 11.4. The van der Waals surface area contributed by atoms with Gasteiger partial charge in [-0.1, -0.05) is 18.2 Å². The highest BCUT2D eigenvalue weighted by Gasteiger charge is 2.16. The van der Waals surface area contributed by atoms with Crippen LogP contribution in [0.5, 0.6) is 5.75 Å². The van der Waals surface area contributed by atoms with Crippen LogP contribution in [0.25, 0.3) is 0 Å². The highest BCUT2D eigenvalue weighted by Crippen LogP contribution is 2.26. The molecule has 0 aliphatic carbocycles. The van der Waals surface area contributed by atoms with Gasteiger partial charge in [0.2, 0.25) is 0 Å². The van der Waals surface area contributed by atoms with Gasteiger partial charge >= 0.3 is 0 Å². The molecule has 2 aromatic carbocycles. The first-order valence-electron chi connectivity index (χ1n) is 7.00. The van der Waals surface area contributed by atoms with Crippen molar-refractivity contribution < 1.29 is 18.7 Å². The topological polar surface area (TPSA) is 67.4 Å². The molecule has 23 heavy (non-hydrogen) atoms. The third-order valence-corrected chi connectivity index (χ3v) is 3.11. The molecule has 0 aliphatic heterocycles. The zero-order valence-electron chi connectivity index (χ0n) is 12.8. The number of carbonyl (C=O) groups is 2. The predicted molar refractivity (Wildman–Crippen MR) is 86.6 cm³/mol. The van der Waals surface area contributed by atoms with E-state index in [0.29, 0.717) is 17.0 Å². The number of para-hydroxylation sites is 1.